The molecule has 0 saturated heterocycles. The van der Waals surface area contributed by atoms with E-state index in [1.54, 1.807) is 0 Å². The molecule has 0 aliphatic carbocycles. The van der Waals surface area contributed by atoms with Gasteiger partial charge in [0.2, 0.25) is 0 Å². The topological polar surface area (TPSA) is 26.3 Å². The molecule has 0 aliphatic rings. The van der Waals surface area contributed by atoms with E-state index >= 15 is 0 Å². The Morgan fingerprint density at radius 1 is 0.735 bits per heavy atom. The van der Waals surface area contributed by atoms with Crippen molar-refractivity contribution in [2.45, 2.75) is 148 Å². The first-order valence-electron chi connectivity index (χ1n) is 14.5. The standard InChI is InChI=1S/C31H54O2S/c1-5-8-9-10-11-12-13-14-15-16-17-18-19-20-21-26-31(34,25-6-2)29-27(4)23-22-24-28(29)30(32)33-7-3/h22-24,34H,5-21,25-26H2,1-4H3. The maximum atomic E-state index is 12.6. The normalized spacial score (nSPS) is 13.1. The molecule has 0 N–H and O–H groups in total. The van der Waals surface area contributed by atoms with Crippen molar-refractivity contribution in [1.29, 1.82) is 0 Å². The third-order valence-electron chi connectivity index (χ3n) is 7.09. The minimum Gasteiger partial charge on any atom is -0.462 e. The van der Waals surface area contributed by atoms with Crippen LogP contribution in [0.15, 0.2) is 18.2 Å². The van der Waals surface area contributed by atoms with Gasteiger partial charge in [0, 0.05) is 4.75 Å². The number of carbonyl (C=O) groups excluding carboxylic acids is 1. The third-order valence-corrected chi connectivity index (χ3v) is 7.76. The molecule has 0 saturated carbocycles. The zero-order valence-electron chi connectivity index (χ0n) is 22.9. The van der Waals surface area contributed by atoms with Gasteiger partial charge in [-0.25, -0.2) is 4.79 Å². The highest BCUT2D eigenvalue weighted by atomic mass is 32.1. The minimum atomic E-state index is -0.265. The quantitative estimate of drug-likeness (QED) is 0.105. The monoisotopic (exact) mass is 490 g/mol. The molecule has 2 nitrogen and oxygen atoms in total. The van der Waals surface area contributed by atoms with Crippen molar-refractivity contribution < 1.29 is 9.53 Å². The van der Waals surface area contributed by atoms with E-state index in [0.717, 1.165) is 36.8 Å². The molecular weight excluding hydrogens is 436 g/mol. The molecule has 0 amide bonds. The number of thiol groups is 1. The lowest BCUT2D eigenvalue weighted by atomic mass is 9.82. The molecule has 0 heterocycles. The van der Waals surface area contributed by atoms with Gasteiger partial charge in [-0.3, -0.25) is 0 Å². The summed E-state index contributed by atoms with van der Waals surface area (Å²) in [5.41, 5.74) is 2.94. The smallest absolute Gasteiger partial charge is 0.338 e. The Balaban J connectivity index is 2.33. The van der Waals surface area contributed by atoms with Crippen molar-refractivity contribution >= 4 is 18.6 Å². The zero-order chi connectivity index (χ0) is 25.1. The van der Waals surface area contributed by atoms with Crippen LogP contribution in [0.3, 0.4) is 0 Å². The molecule has 0 aliphatic heterocycles. The third kappa shape index (κ3) is 12.1. The maximum absolute atomic E-state index is 12.6. The predicted octanol–water partition coefficient (Wildman–Crippen LogP) is 10.4. The number of carbonyl (C=O) groups is 1. The van der Waals surface area contributed by atoms with E-state index in [1.165, 1.54) is 89.9 Å². The Hall–Kier alpha value is -0.960. The van der Waals surface area contributed by atoms with Gasteiger partial charge in [0.25, 0.3) is 0 Å². The van der Waals surface area contributed by atoms with Gasteiger partial charge in [0.05, 0.1) is 12.2 Å². The molecular formula is C31H54O2S. The molecule has 0 fully saturated rings. The fourth-order valence-corrected chi connectivity index (χ4v) is 5.92. The van der Waals surface area contributed by atoms with Crippen molar-refractivity contribution in [2.75, 3.05) is 6.61 Å². The van der Waals surface area contributed by atoms with Gasteiger partial charge in [0.15, 0.2) is 0 Å². The summed E-state index contributed by atoms with van der Waals surface area (Å²) in [4.78, 5) is 12.6. The summed E-state index contributed by atoms with van der Waals surface area (Å²) in [6.45, 7) is 8.86. The van der Waals surface area contributed by atoms with Crippen molar-refractivity contribution in [1.82, 2.24) is 0 Å². The van der Waals surface area contributed by atoms with Gasteiger partial charge in [0.1, 0.15) is 0 Å². The summed E-state index contributed by atoms with van der Waals surface area (Å²) in [5.74, 6) is -0.216. The molecule has 0 radical (unpaired) electrons. The molecule has 1 aromatic rings. The second kappa shape index (κ2) is 19.3. The lowest BCUT2D eigenvalue weighted by Crippen LogP contribution is -2.24. The highest BCUT2D eigenvalue weighted by Crippen LogP contribution is 2.42. The summed E-state index contributed by atoms with van der Waals surface area (Å²) in [6, 6.07) is 5.97. The number of aryl methyl sites for hydroxylation is 1. The zero-order valence-corrected chi connectivity index (χ0v) is 23.8. The molecule has 0 bridgehead atoms. The average molecular weight is 491 g/mol. The number of esters is 1. The van der Waals surface area contributed by atoms with Gasteiger partial charge in [-0.05, 0) is 43.9 Å². The molecule has 196 valence electrons. The SMILES string of the molecule is CCCCCCCCCCCCCCCCCC(S)(CCC)c1c(C)cccc1C(=O)OCC. The predicted molar refractivity (Wildman–Crippen MR) is 152 cm³/mol. The number of unbranched alkanes of at least 4 members (excludes halogenated alkanes) is 14. The largest absolute Gasteiger partial charge is 0.462 e. The van der Waals surface area contributed by atoms with E-state index in [-0.39, 0.29) is 10.7 Å². The van der Waals surface area contributed by atoms with E-state index in [1.807, 2.05) is 19.1 Å². The van der Waals surface area contributed by atoms with E-state index < -0.39 is 0 Å². The van der Waals surface area contributed by atoms with Gasteiger partial charge in [-0.2, -0.15) is 12.6 Å². The molecule has 1 aromatic carbocycles. The Labute approximate surface area is 217 Å². The Bertz CT molecular complexity index is 657. The van der Waals surface area contributed by atoms with E-state index in [0.29, 0.717) is 12.2 Å². The van der Waals surface area contributed by atoms with Crippen LogP contribution in [0.4, 0.5) is 0 Å². The molecule has 0 spiro atoms. The lowest BCUT2D eigenvalue weighted by Gasteiger charge is -2.32. The summed E-state index contributed by atoms with van der Waals surface area (Å²) in [5, 5.41) is 0. The van der Waals surface area contributed by atoms with E-state index in [4.69, 9.17) is 17.4 Å². The maximum Gasteiger partial charge on any atom is 0.338 e. The fraction of sp³-hybridized carbons (Fsp3) is 0.774. The first-order chi connectivity index (χ1) is 16.5. The highest BCUT2D eigenvalue weighted by molar-refractivity contribution is 7.81. The number of hydrogen-bond acceptors (Lipinski definition) is 3. The number of rotatable bonds is 21. The average Bonchev–Trinajstić information content (AvgIpc) is 2.81. The van der Waals surface area contributed by atoms with Gasteiger partial charge < -0.3 is 4.74 Å². The van der Waals surface area contributed by atoms with Crippen LogP contribution in [-0.4, -0.2) is 12.6 Å². The van der Waals surface area contributed by atoms with Crippen molar-refractivity contribution in [3.63, 3.8) is 0 Å². The number of benzene rings is 1. The van der Waals surface area contributed by atoms with Crippen molar-refractivity contribution in [3.8, 4) is 0 Å². The fourth-order valence-electron chi connectivity index (χ4n) is 5.24. The molecule has 0 aromatic heterocycles. The summed E-state index contributed by atoms with van der Waals surface area (Å²) in [7, 11) is 0. The van der Waals surface area contributed by atoms with Crippen LogP contribution in [0.2, 0.25) is 0 Å². The van der Waals surface area contributed by atoms with Gasteiger partial charge >= 0.3 is 5.97 Å². The van der Waals surface area contributed by atoms with Crippen LogP contribution in [0.5, 0.6) is 0 Å². The van der Waals surface area contributed by atoms with Gasteiger partial charge in [-0.1, -0.05) is 129 Å². The summed E-state index contributed by atoms with van der Waals surface area (Å²) in [6.07, 6.45) is 23.7. The lowest BCUT2D eigenvalue weighted by molar-refractivity contribution is 0.0523. The van der Waals surface area contributed by atoms with Crippen molar-refractivity contribution in [2.24, 2.45) is 0 Å². The Morgan fingerprint density at radius 3 is 1.71 bits per heavy atom. The van der Waals surface area contributed by atoms with Crippen LogP contribution in [0.25, 0.3) is 0 Å². The summed E-state index contributed by atoms with van der Waals surface area (Å²) >= 11 is 5.21. The highest BCUT2D eigenvalue weighted by Gasteiger charge is 2.32. The number of hydrogen-bond donors (Lipinski definition) is 1. The van der Waals surface area contributed by atoms with Crippen molar-refractivity contribution in [3.05, 3.63) is 34.9 Å². The van der Waals surface area contributed by atoms with E-state index in [2.05, 4.69) is 26.8 Å². The Kier molecular flexibility index (Phi) is 17.6. The van der Waals surface area contributed by atoms with E-state index in [9.17, 15) is 4.79 Å². The molecule has 3 heteroatoms. The molecule has 1 rings (SSSR count). The second-order valence-electron chi connectivity index (χ2n) is 10.2. The van der Waals surface area contributed by atoms with Crippen LogP contribution >= 0.6 is 12.6 Å². The van der Waals surface area contributed by atoms with Crippen LogP contribution in [-0.2, 0) is 9.48 Å². The first-order valence-corrected chi connectivity index (χ1v) is 14.9. The van der Waals surface area contributed by atoms with Gasteiger partial charge in [-0.15, -0.1) is 0 Å². The Morgan fingerprint density at radius 2 is 1.24 bits per heavy atom. The van der Waals surface area contributed by atoms with Crippen LogP contribution in [0.1, 0.15) is 158 Å². The summed E-state index contributed by atoms with van der Waals surface area (Å²) < 4.78 is 5.09. The van der Waals surface area contributed by atoms with Crippen LogP contribution in [0, 0.1) is 6.92 Å². The second-order valence-corrected chi connectivity index (χ2v) is 11.1. The number of ether oxygens (including phenoxy) is 1. The minimum absolute atomic E-state index is 0.216. The molecule has 1 atom stereocenters. The van der Waals surface area contributed by atoms with Crippen LogP contribution < -0.4 is 0 Å². The molecule has 1 unspecified atom stereocenters. The molecule has 34 heavy (non-hydrogen) atoms. The first kappa shape index (κ1) is 31.1.